The molecule has 1 unspecified atom stereocenters. The summed E-state index contributed by atoms with van der Waals surface area (Å²) in [5.74, 6) is -0.0987. The minimum Gasteiger partial charge on any atom is -0.481 e. The van der Waals surface area contributed by atoms with Gasteiger partial charge in [-0.25, -0.2) is 19.6 Å². The number of nitrogens with one attached hydrogen (secondary N) is 1. The smallest absolute Gasteiger partial charge is 0.408 e. The molecule has 1 aliphatic heterocycles. The van der Waals surface area contributed by atoms with E-state index in [1.807, 2.05) is 0 Å². The summed E-state index contributed by atoms with van der Waals surface area (Å²) in [5, 5.41) is 12.2. The van der Waals surface area contributed by atoms with Crippen LogP contribution in [-0.4, -0.2) is 58.5 Å². The molecule has 25 heavy (non-hydrogen) atoms. The number of ether oxygens (including phenoxy) is 2. The molecular formula is C16H24N4O5. The van der Waals surface area contributed by atoms with E-state index in [-0.39, 0.29) is 13.0 Å². The highest BCUT2D eigenvalue weighted by Gasteiger charge is 2.47. The lowest BCUT2D eigenvalue weighted by Crippen LogP contribution is -2.57. The number of hydrogen-bond donors (Lipinski definition) is 2. The number of aliphatic carboxylic acids is 1. The maximum atomic E-state index is 12.1. The number of hydrogen-bond acceptors (Lipinski definition) is 7. The number of carboxylic acid groups (broad SMARTS) is 1. The Morgan fingerprint density at radius 3 is 2.60 bits per heavy atom. The molecule has 1 atom stereocenters. The van der Waals surface area contributed by atoms with Crippen LogP contribution >= 0.6 is 0 Å². The maximum absolute atomic E-state index is 12.1. The van der Waals surface area contributed by atoms with E-state index in [2.05, 4.69) is 15.3 Å². The van der Waals surface area contributed by atoms with Crippen molar-refractivity contribution in [3.8, 4) is 5.88 Å². The minimum absolute atomic E-state index is 0.0720. The van der Waals surface area contributed by atoms with Crippen LogP contribution in [0.2, 0.25) is 0 Å². The van der Waals surface area contributed by atoms with Crippen molar-refractivity contribution in [1.29, 1.82) is 0 Å². The van der Waals surface area contributed by atoms with E-state index in [1.165, 1.54) is 13.4 Å². The summed E-state index contributed by atoms with van der Waals surface area (Å²) in [4.78, 5) is 34.0. The highest BCUT2D eigenvalue weighted by molar-refractivity contribution is 5.86. The first kappa shape index (κ1) is 18.8. The van der Waals surface area contributed by atoms with Gasteiger partial charge in [-0.3, -0.25) is 0 Å². The number of amides is 1. The van der Waals surface area contributed by atoms with E-state index < -0.39 is 23.2 Å². The fourth-order valence-corrected chi connectivity index (χ4v) is 2.77. The molecule has 0 spiro atoms. The number of aromatic nitrogens is 2. The van der Waals surface area contributed by atoms with Gasteiger partial charge in [0.15, 0.2) is 5.54 Å². The Hall–Kier alpha value is -2.58. The minimum atomic E-state index is -1.44. The first-order chi connectivity index (χ1) is 11.6. The molecule has 0 aromatic carbocycles. The summed E-state index contributed by atoms with van der Waals surface area (Å²) in [6.07, 6.45) is 0.838. The summed E-state index contributed by atoms with van der Waals surface area (Å²) >= 11 is 0. The summed E-state index contributed by atoms with van der Waals surface area (Å²) < 4.78 is 10.4. The molecule has 0 bridgehead atoms. The van der Waals surface area contributed by atoms with Crippen LogP contribution in [0.4, 0.5) is 10.6 Å². The molecule has 0 aliphatic carbocycles. The van der Waals surface area contributed by atoms with E-state index in [9.17, 15) is 14.7 Å². The lowest BCUT2D eigenvalue weighted by atomic mass is 9.99. The van der Waals surface area contributed by atoms with E-state index in [4.69, 9.17) is 9.47 Å². The maximum Gasteiger partial charge on any atom is 0.408 e. The third-order valence-corrected chi connectivity index (χ3v) is 3.92. The summed E-state index contributed by atoms with van der Waals surface area (Å²) in [5.41, 5.74) is -1.44. The molecule has 2 rings (SSSR count). The number of alkyl carbamates (subject to hydrolysis) is 1. The first-order valence-electron chi connectivity index (χ1n) is 7.93. The highest BCUT2D eigenvalue weighted by atomic mass is 16.6. The lowest BCUT2D eigenvalue weighted by Gasteiger charge is -2.28. The van der Waals surface area contributed by atoms with Crippen molar-refractivity contribution in [2.24, 2.45) is 0 Å². The molecule has 1 saturated heterocycles. The number of carboxylic acids is 1. The zero-order valence-electron chi connectivity index (χ0n) is 15.1. The molecule has 138 valence electrons. The van der Waals surface area contributed by atoms with Crippen LogP contribution in [0.3, 0.4) is 0 Å². The van der Waals surface area contributed by atoms with Crippen LogP contribution in [0, 0.1) is 6.92 Å². The second kappa shape index (κ2) is 6.73. The molecule has 9 heteroatoms. The molecule has 2 N–H and O–H groups in total. The topological polar surface area (TPSA) is 114 Å². The van der Waals surface area contributed by atoms with E-state index in [0.717, 1.165) is 0 Å². The van der Waals surface area contributed by atoms with Gasteiger partial charge in [0.2, 0.25) is 5.88 Å². The lowest BCUT2D eigenvalue weighted by molar-refractivity contribution is -0.143. The molecule has 0 saturated carbocycles. The van der Waals surface area contributed by atoms with Gasteiger partial charge in [-0.05, 0) is 27.7 Å². The number of carbonyl (C=O) groups excluding carboxylic acids is 1. The Bertz CT molecular complexity index is 673. The Balaban J connectivity index is 2.21. The Labute approximate surface area is 146 Å². The van der Waals surface area contributed by atoms with Crippen LogP contribution in [0.1, 0.15) is 32.8 Å². The molecule has 1 aromatic heterocycles. The van der Waals surface area contributed by atoms with Gasteiger partial charge >= 0.3 is 12.1 Å². The van der Waals surface area contributed by atoms with Gasteiger partial charge in [0.1, 0.15) is 17.7 Å². The fraction of sp³-hybridized carbons (Fsp3) is 0.625. The summed E-state index contributed by atoms with van der Waals surface area (Å²) in [6.45, 7) is 7.45. The Morgan fingerprint density at radius 1 is 1.36 bits per heavy atom. The largest absolute Gasteiger partial charge is 0.481 e. The standard InChI is InChI=1S/C16H24N4O5/c1-10-11(17-9-18-12(10)24-5)20-7-6-16(8-20,13(21)22)19-14(23)25-15(2,3)4/h9H,6-8H2,1-5H3,(H,19,23)(H,21,22). The molecule has 1 aliphatic rings. The Morgan fingerprint density at radius 2 is 2.04 bits per heavy atom. The van der Waals surface area contributed by atoms with Crippen LogP contribution < -0.4 is 15.0 Å². The predicted molar refractivity (Wildman–Crippen MR) is 89.9 cm³/mol. The van der Waals surface area contributed by atoms with Gasteiger partial charge in [-0.1, -0.05) is 0 Å². The van der Waals surface area contributed by atoms with Crippen molar-refractivity contribution < 1.29 is 24.2 Å². The monoisotopic (exact) mass is 352 g/mol. The Kier molecular flexibility index (Phi) is 5.05. The van der Waals surface area contributed by atoms with Crippen LogP contribution in [0.25, 0.3) is 0 Å². The molecule has 9 nitrogen and oxygen atoms in total. The van der Waals surface area contributed by atoms with E-state index in [1.54, 1.807) is 32.6 Å². The van der Waals surface area contributed by atoms with Gasteiger partial charge in [-0.2, -0.15) is 0 Å². The average Bonchev–Trinajstić information content (AvgIpc) is 2.90. The SMILES string of the molecule is COc1ncnc(N2CCC(NC(=O)OC(C)(C)C)(C(=O)O)C2)c1C. The molecule has 1 aromatic rings. The first-order valence-corrected chi connectivity index (χ1v) is 7.93. The quantitative estimate of drug-likeness (QED) is 0.835. The molecular weight excluding hydrogens is 328 g/mol. The molecule has 0 radical (unpaired) electrons. The number of rotatable bonds is 4. The highest BCUT2D eigenvalue weighted by Crippen LogP contribution is 2.31. The van der Waals surface area contributed by atoms with Crippen molar-refractivity contribution in [3.63, 3.8) is 0 Å². The zero-order valence-corrected chi connectivity index (χ0v) is 15.1. The van der Waals surface area contributed by atoms with Gasteiger partial charge in [0, 0.05) is 13.0 Å². The normalized spacial score (nSPS) is 20.3. The molecule has 1 fully saturated rings. The van der Waals surface area contributed by atoms with E-state index in [0.29, 0.717) is 23.8 Å². The van der Waals surface area contributed by atoms with Crippen LogP contribution in [-0.2, 0) is 9.53 Å². The van der Waals surface area contributed by atoms with Crippen LogP contribution in [0.5, 0.6) is 5.88 Å². The third-order valence-electron chi connectivity index (χ3n) is 3.92. The predicted octanol–water partition coefficient (Wildman–Crippen LogP) is 1.35. The summed E-state index contributed by atoms with van der Waals surface area (Å²) in [6, 6.07) is 0. The zero-order chi connectivity index (χ0) is 18.8. The van der Waals surface area contributed by atoms with Crippen molar-refractivity contribution in [2.75, 3.05) is 25.1 Å². The summed E-state index contributed by atoms with van der Waals surface area (Å²) in [7, 11) is 1.51. The number of carbonyl (C=O) groups is 2. The number of methoxy groups -OCH3 is 1. The third kappa shape index (κ3) is 4.09. The van der Waals surface area contributed by atoms with Crippen molar-refractivity contribution in [1.82, 2.24) is 15.3 Å². The average molecular weight is 352 g/mol. The van der Waals surface area contributed by atoms with Crippen molar-refractivity contribution in [2.45, 2.75) is 45.3 Å². The second-order valence-electron chi connectivity index (χ2n) is 7.02. The number of nitrogens with zero attached hydrogens (tertiary/aromatic N) is 3. The van der Waals surface area contributed by atoms with Gasteiger partial charge in [0.05, 0.1) is 19.2 Å². The van der Waals surface area contributed by atoms with Crippen molar-refractivity contribution in [3.05, 3.63) is 11.9 Å². The molecule has 1 amide bonds. The van der Waals surface area contributed by atoms with Gasteiger partial charge < -0.3 is 24.8 Å². The van der Waals surface area contributed by atoms with Crippen molar-refractivity contribution >= 4 is 17.9 Å². The van der Waals surface area contributed by atoms with Gasteiger partial charge in [0.25, 0.3) is 0 Å². The molecule has 2 heterocycles. The van der Waals surface area contributed by atoms with Crippen LogP contribution in [0.15, 0.2) is 6.33 Å². The second-order valence-corrected chi connectivity index (χ2v) is 7.02. The van der Waals surface area contributed by atoms with E-state index >= 15 is 0 Å². The van der Waals surface area contributed by atoms with Gasteiger partial charge in [-0.15, -0.1) is 0 Å². The fourth-order valence-electron chi connectivity index (χ4n) is 2.77. The number of anilines is 1.